The minimum atomic E-state index is 0.149. The highest BCUT2D eigenvalue weighted by molar-refractivity contribution is 5.29. The van der Waals surface area contributed by atoms with Crippen LogP contribution in [0, 0.1) is 29.1 Å². The molecule has 0 spiro atoms. The predicted octanol–water partition coefficient (Wildman–Crippen LogP) is 4.52. The number of nitrogens with one attached hydrogen (secondary N) is 1. The lowest BCUT2D eigenvalue weighted by atomic mass is 9.74. The molecule has 0 bridgehead atoms. The van der Waals surface area contributed by atoms with Crippen molar-refractivity contribution in [3.8, 4) is 6.07 Å². The molecule has 0 amide bonds. The van der Waals surface area contributed by atoms with E-state index in [-0.39, 0.29) is 10.8 Å². The Hall–Kier alpha value is -1.27. The Morgan fingerprint density at radius 3 is 2.86 bits per heavy atom. The van der Waals surface area contributed by atoms with Crippen LogP contribution in [0.4, 0.5) is 0 Å². The molecule has 21 heavy (non-hydrogen) atoms. The lowest BCUT2D eigenvalue weighted by molar-refractivity contribution is 0.214. The molecule has 0 saturated heterocycles. The second-order valence-corrected chi connectivity index (χ2v) is 8.04. The number of fused-ring (bicyclic) bond motifs is 1. The molecule has 2 rings (SSSR count). The molecule has 0 saturated carbocycles. The topological polar surface area (TPSA) is 49.0 Å². The third-order valence-electron chi connectivity index (χ3n) is 4.48. The molecule has 0 fully saturated rings. The first-order valence-electron chi connectivity index (χ1n) is 7.92. The summed E-state index contributed by atoms with van der Waals surface area (Å²) in [6.45, 7) is 12.0. The zero-order valence-electron chi connectivity index (χ0n) is 14.0. The summed E-state index contributed by atoms with van der Waals surface area (Å²) in [5.41, 5.74) is 1.75. The van der Waals surface area contributed by atoms with Gasteiger partial charge in [-0.15, -0.1) is 0 Å². The summed E-state index contributed by atoms with van der Waals surface area (Å²) >= 11 is 0. The maximum absolute atomic E-state index is 8.77. The number of furan rings is 1. The van der Waals surface area contributed by atoms with Crippen molar-refractivity contribution < 1.29 is 4.42 Å². The second kappa shape index (κ2) is 5.85. The van der Waals surface area contributed by atoms with E-state index in [9.17, 15) is 0 Å². The lowest BCUT2D eigenvalue weighted by Gasteiger charge is -2.36. The average molecular weight is 288 g/mol. The van der Waals surface area contributed by atoms with Crippen molar-refractivity contribution in [2.24, 2.45) is 10.8 Å². The predicted molar refractivity (Wildman–Crippen MR) is 84.9 cm³/mol. The maximum Gasteiger partial charge on any atom is 0.109 e. The minimum Gasteiger partial charge on any atom is -0.466 e. The molecule has 1 heterocycles. The van der Waals surface area contributed by atoms with Gasteiger partial charge >= 0.3 is 0 Å². The van der Waals surface area contributed by atoms with Gasteiger partial charge in [-0.25, -0.2) is 0 Å². The molecule has 0 aromatic carbocycles. The molecule has 1 N–H and O–H groups in total. The molecule has 1 unspecified atom stereocenters. The van der Waals surface area contributed by atoms with E-state index in [1.54, 1.807) is 0 Å². The van der Waals surface area contributed by atoms with E-state index in [2.05, 4.69) is 45.1 Å². The van der Waals surface area contributed by atoms with Crippen molar-refractivity contribution in [2.75, 3.05) is 6.54 Å². The fraction of sp³-hybridized carbons (Fsp3) is 0.722. The monoisotopic (exact) mass is 288 g/mol. The Balaban J connectivity index is 2.08. The summed E-state index contributed by atoms with van der Waals surface area (Å²) in [5, 5.41) is 12.5. The molecule has 3 nitrogen and oxygen atoms in total. The van der Waals surface area contributed by atoms with E-state index in [4.69, 9.17) is 9.68 Å². The molecule has 1 aromatic rings. The van der Waals surface area contributed by atoms with Crippen LogP contribution in [0.5, 0.6) is 0 Å². The van der Waals surface area contributed by atoms with Gasteiger partial charge in [0, 0.05) is 31.0 Å². The molecular formula is C18H28N2O. The zero-order valence-corrected chi connectivity index (χ0v) is 14.0. The first-order chi connectivity index (χ1) is 9.72. The number of hydrogen-bond acceptors (Lipinski definition) is 3. The van der Waals surface area contributed by atoms with Crippen molar-refractivity contribution >= 4 is 0 Å². The van der Waals surface area contributed by atoms with Crippen LogP contribution < -0.4 is 5.32 Å². The molecule has 1 aliphatic carbocycles. The van der Waals surface area contributed by atoms with E-state index >= 15 is 0 Å². The van der Waals surface area contributed by atoms with Gasteiger partial charge in [0.05, 0.1) is 6.07 Å². The summed E-state index contributed by atoms with van der Waals surface area (Å²) < 4.78 is 5.89. The normalized spacial score (nSPS) is 20.9. The van der Waals surface area contributed by atoms with Crippen LogP contribution in [0.25, 0.3) is 0 Å². The third-order valence-corrected chi connectivity index (χ3v) is 4.48. The van der Waals surface area contributed by atoms with Crippen LogP contribution in [0.1, 0.15) is 70.1 Å². The van der Waals surface area contributed by atoms with Crippen molar-refractivity contribution in [2.45, 2.75) is 66.3 Å². The number of aryl methyl sites for hydroxylation is 1. The van der Waals surface area contributed by atoms with Crippen molar-refractivity contribution in [1.82, 2.24) is 5.32 Å². The molecule has 1 aromatic heterocycles. The lowest BCUT2D eigenvalue weighted by Crippen LogP contribution is -2.37. The van der Waals surface area contributed by atoms with E-state index in [1.165, 1.54) is 5.56 Å². The van der Waals surface area contributed by atoms with Gasteiger partial charge in [0.1, 0.15) is 11.5 Å². The Kier molecular flexibility index (Phi) is 4.49. The summed E-state index contributed by atoms with van der Waals surface area (Å²) in [5.74, 6) is 2.16. The van der Waals surface area contributed by atoms with E-state index < -0.39 is 0 Å². The van der Waals surface area contributed by atoms with E-state index in [0.717, 1.165) is 37.3 Å². The highest BCUT2D eigenvalue weighted by Gasteiger charge is 2.35. The molecule has 3 heteroatoms. The van der Waals surface area contributed by atoms with Gasteiger partial charge in [-0.05, 0) is 36.7 Å². The first-order valence-corrected chi connectivity index (χ1v) is 7.92. The number of nitrogens with zero attached hydrogens (tertiary/aromatic N) is 1. The van der Waals surface area contributed by atoms with E-state index in [0.29, 0.717) is 12.5 Å². The van der Waals surface area contributed by atoms with Gasteiger partial charge in [0.15, 0.2) is 0 Å². The van der Waals surface area contributed by atoms with Crippen LogP contribution >= 0.6 is 0 Å². The van der Waals surface area contributed by atoms with Gasteiger partial charge < -0.3 is 9.73 Å². The zero-order chi connectivity index (χ0) is 15.7. The maximum atomic E-state index is 8.77. The summed E-state index contributed by atoms with van der Waals surface area (Å²) in [6.07, 6.45) is 3.71. The Morgan fingerprint density at radius 2 is 2.19 bits per heavy atom. The molecule has 1 aliphatic rings. The number of hydrogen-bond donors (Lipinski definition) is 1. The molecule has 116 valence electrons. The fourth-order valence-corrected chi connectivity index (χ4v) is 3.25. The molecule has 0 radical (unpaired) electrons. The van der Waals surface area contributed by atoms with Gasteiger partial charge in [-0.1, -0.05) is 27.7 Å². The van der Waals surface area contributed by atoms with Crippen molar-refractivity contribution in [3.63, 3.8) is 0 Å². The smallest absolute Gasteiger partial charge is 0.109 e. The third kappa shape index (κ3) is 4.11. The minimum absolute atomic E-state index is 0.149. The SMILES string of the molecule is Cc1cc2c(o1)CC(C)(C)CC2NCC(C)(C)CCC#N. The van der Waals surface area contributed by atoms with Gasteiger partial charge in [-0.3, -0.25) is 0 Å². The van der Waals surface area contributed by atoms with Gasteiger partial charge in [0.2, 0.25) is 0 Å². The van der Waals surface area contributed by atoms with Crippen molar-refractivity contribution in [1.29, 1.82) is 5.26 Å². The Bertz CT molecular complexity index is 534. The Labute approximate surface area is 128 Å². The van der Waals surface area contributed by atoms with Crippen LogP contribution in [0.3, 0.4) is 0 Å². The summed E-state index contributed by atoms with van der Waals surface area (Å²) in [6, 6.07) is 4.80. The van der Waals surface area contributed by atoms with Gasteiger partial charge in [0.25, 0.3) is 0 Å². The second-order valence-electron chi connectivity index (χ2n) is 8.04. The van der Waals surface area contributed by atoms with Crippen LogP contribution in [-0.4, -0.2) is 6.54 Å². The standard InChI is InChI=1S/C18H28N2O/c1-13-9-14-15(10-18(4,5)11-16(14)21-13)20-12-17(2,3)7-6-8-19/h9,15,20H,6-7,10-12H2,1-5H3. The van der Waals surface area contributed by atoms with Crippen LogP contribution in [-0.2, 0) is 6.42 Å². The fourth-order valence-electron chi connectivity index (χ4n) is 3.25. The van der Waals surface area contributed by atoms with Gasteiger partial charge in [-0.2, -0.15) is 5.26 Å². The summed E-state index contributed by atoms with van der Waals surface area (Å²) in [4.78, 5) is 0. The molecular weight excluding hydrogens is 260 g/mol. The molecule has 1 atom stereocenters. The van der Waals surface area contributed by atoms with Crippen LogP contribution in [0.15, 0.2) is 10.5 Å². The Morgan fingerprint density at radius 1 is 1.48 bits per heavy atom. The van der Waals surface area contributed by atoms with Crippen molar-refractivity contribution in [3.05, 3.63) is 23.2 Å². The average Bonchev–Trinajstić information content (AvgIpc) is 2.72. The number of rotatable bonds is 5. The van der Waals surface area contributed by atoms with Crippen LogP contribution in [0.2, 0.25) is 0 Å². The quantitative estimate of drug-likeness (QED) is 0.866. The number of nitriles is 1. The van der Waals surface area contributed by atoms with E-state index in [1.807, 2.05) is 6.92 Å². The highest BCUT2D eigenvalue weighted by atomic mass is 16.3. The molecule has 0 aliphatic heterocycles. The largest absolute Gasteiger partial charge is 0.466 e. The highest BCUT2D eigenvalue weighted by Crippen LogP contribution is 2.42. The summed E-state index contributed by atoms with van der Waals surface area (Å²) in [7, 11) is 0. The first kappa shape index (κ1) is 16.1.